The van der Waals surface area contributed by atoms with Crippen molar-refractivity contribution >= 4 is 11.8 Å². The van der Waals surface area contributed by atoms with Gasteiger partial charge in [0.15, 0.2) is 0 Å². The molecule has 1 aliphatic rings. The number of halogens is 2. The molecule has 0 bridgehead atoms. The molecule has 3 heteroatoms. The van der Waals surface area contributed by atoms with E-state index in [2.05, 4.69) is 0 Å². The van der Waals surface area contributed by atoms with E-state index >= 15 is 0 Å². The van der Waals surface area contributed by atoms with Gasteiger partial charge in [0, 0.05) is 6.42 Å². The Morgan fingerprint density at radius 2 is 2.20 bits per heavy atom. The molecule has 0 fully saturated rings. The van der Waals surface area contributed by atoms with E-state index in [0.717, 1.165) is 11.8 Å². The van der Waals surface area contributed by atoms with Gasteiger partial charge in [0.05, 0.1) is 4.91 Å². The molecule has 0 radical (unpaired) electrons. The minimum absolute atomic E-state index is 0.172. The number of rotatable bonds is 1. The molecular formula is C7H8F2S. The fourth-order valence-corrected chi connectivity index (χ4v) is 1.47. The van der Waals surface area contributed by atoms with Crippen LogP contribution in [0.4, 0.5) is 8.78 Å². The summed E-state index contributed by atoms with van der Waals surface area (Å²) in [5.74, 6) is -0.719. The molecule has 0 spiro atoms. The maximum atomic E-state index is 12.7. The number of hydrogen-bond donors (Lipinski definition) is 0. The van der Waals surface area contributed by atoms with Crippen molar-refractivity contribution < 1.29 is 8.78 Å². The highest BCUT2D eigenvalue weighted by Crippen LogP contribution is 2.33. The molecule has 0 aromatic carbocycles. The third kappa shape index (κ3) is 1.40. The summed E-state index contributed by atoms with van der Waals surface area (Å²) in [5.41, 5.74) is 0. The van der Waals surface area contributed by atoms with Crippen LogP contribution in [0.5, 0.6) is 0 Å². The Bertz CT molecular complexity index is 194. The molecule has 0 aromatic rings. The second kappa shape index (κ2) is 3.19. The average Bonchev–Trinajstić information content (AvgIpc) is 1.88. The van der Waals surface area contributed by atoms with Gasteiger partial charge in [-0.15, -0.1) is 11.8 Å². The predicted octanol–water partition coefficient (Wildman–Crippen LogP) is 3.18. The summed E-state index contributed by atoms with van der Waals surface area (Å²) in [5, 5.41) is 0. The molecule has 0 unspecified atom stereocenters. The lowest BCUT2D eigenvalue weighted by Gasteiger charge is -2.08. The fourth-order valence-electron chi connectivity index (χ4n) is 0.870. The van der Waals surface area contributed by atoms with E-state index in [1.165, 1.54) is 6.08 Å². The maximum Gasteiger partial charge on any atom is 0.135 e. The first kappa shape index (κ1) is 7.79. The van der Waals surface area contributed by atoms with Gasteiger partial charge in [0.25, 0.3) is 0 Å². The quantitative estimate of drug-likeness (QED) is 0.570. The highest BCUT2D eigenvalue weighted by Gasteiger charge is 2.14. The Morgan fingerprint density at radius 3 is 2.60 bits per heavy atom. The van der Waals surface area contributed by atoms with Crippen molar-refractivity contribution in [2.45, 2.75) is 12.8 Å². The van der Waals surface area contributed by atoms with E-state index in [1.807, 2.05) is 0 Å². The second-order valence-corrected chi connectivity index (χ2v) is 2.85. The Kier molecular flexibility index (Phi) is 2.49. The Labute approximate surface area is 63.0 Å². The minimum Gasteiger partial charge on any atom is -0.210 e. The van der Waals surface area contributed by atoms with Crippen molar-refractivity contribution in [1.29, 1.82) is 0 Å². The number of thioether (sulfide) groups is 1. The first-order valence-electron chi connectivity index (χ1n) is 3.04. The molecule has 0 amide bonds. The molecule has 0 aromatic heterocycles. The monoisotopic (exact) mass is 162 g/mol. The molecule has 10 heavy (non-hydrogen) atoms. The van der Waals surface area contributed by atoms with E-state index in [1.54, 1.807) is 6.26 Å². The molecule has 0 atom stereocenters. The van der Waals surface area contributed by atoms with Gasteiger partial charge in [-0.1, -0.05) is 0 Å². The molecule has 1 aliphatic carbocycles. The summed E-state index contributed by atoms with van der Waals surface area (Å²) >= 11 is 1.12. The summed E-state index contributed by atoms with van der Waals surface area (Å²) < 4.78 is 25.3. The van der Waals surface area contributed by atoms with Gasteiger partial charge in [0.1, 0.15) is 11.7 Å². The predicted molar refractivity (Wildman–Crippen MR) is 40.1 cm³/mol. The van der Waals surface area contributed by atoms with E-state index in [-0.39, 0.29) is 10.7 Å². The summed E-state index contributed by atoms with van der Waals surface area (Å²) in [6.07, 6.45) is 3.94. The molecule has 0 heterocycles. The molecule has 56 valence electrons. The van der Waals surface area contributed by atoms with Crippen molar-refractivity contribution in [3.8, 4) is 0 Å². The fraction of sp³-hybridized carbons (Fsp3) is 0.429. The summed E-state index contributed by atoms with van der Waals surface area (Å²) in [6.45, 7) is 0. The number of allylic oxidation sites excluding steroid dienone is 3. The molecule has 0 aliphatic heterocycles. The second-order valence-electron chi connectivity index (χ2n) is 2.03. The van der Waals surface area contributed by atoms with Crippen molar-refractivity contribution in [1.82, 2.24) is 0 Å². The average molecular weight is 162 g/mol. The molecule has 1 rings (SSSR count). The largest absolute Gasteiger partial charge is 0.210 e. The third-order valence-corrected chi connectivity index (χ3v) is 2.18. The van der Waals surface area contributed by atoms with E-state index in [0.29, 0.717) is 12.8 Å². The number of hydrogen-bond acceptors (Lipinski definition) is 1. The topological polar surface area (TPSA) is 0 Å². The highest BCUT2D eigenvalue weighted by atomic mass is 32.2. The van der Waals surface area contributed by atoms with Crippen LogP contribution in [0.3, 0.4) is 0 Å². The lowest BCUT2D eigenvalue weighted by Crippen LogP contribution is -1.90. The zero-order valence-corrected chi connectivity index (χ0v) is 6.47. The maximum absolute atomic E-state index is 12.7. The van der Waals surface area contributed by atoms with Crippen LogP contribution < -0.4 is 0 Å². The van der Waals surface area contributed by atoms with Crippen molar-refractivity contribution in [2.75, 3.05) is 6.26 Å². The van der Waals surface area contributed by atoms with Gasteiger partial charge in [0.2, 0.25) is 0 Å². The van der Waals surface area contributed by atoms with Gasteiger partial charge in [-0.2, -0.15) is 0 Å². The van der Waals surface area contributed by atoms with E-state index in [4.69, 9.17) is 0 Å². The van der Waals surface area contributed by atoms with Crippen LogP contribution in [-0.2, 0) is 0 Å². The van der Waals surface area contributed by atoms with Crippen molar-refractivity contribution in [3.05, 3.63) is 22.6 Å². The van der Waals surface area contributed by atoms with Crippen LogP contribution in [-0.4, -0.2) is 6.26 Å². The minimum atomic E-state index is -0.406. The van der Waals surface area contributed by atoms with Gasteiger partial charge >= 0.3 is 0 Å². The van der Waals surface area contributed by atoms with Gasteiger partial charge in [-0.25, -0.2) is 8.78 Å². The van der Waals surface area contributed by atoms with Crippen LogP contribution in [0.2, 0.25) is 0 Å². The van der Waals surface area contributed by atoms with Crippen molar-refractivity contribution in [3.63, 3.8) is 0 Å². The summed E-state index contributed by atoms with van der Waals surface area (Å²) in [7, 11) is 0. The summed E-state index contributed by atoms with van der Waals surface area (Å²) in [4.78, 5) is 0.172. The first-order chi connectivity index (χ1) is 4.75. The van der Waals surface area contributed by atoms with Gasteiger partial charge < -0.3 is 0 Å². The Balaban J connectivity index is 2.87. The van der Waals surface area contributed by atoms with E-state index < -0.39 is 5.83 Å². The zero-order chi connectivity index (χ0) is 7.56. The molecule has 0 saturated carbocycles. The van der Waals surface area contributed by atoms with Gasteiger partial charge in [-0.05, 0) is 18.8 Å². The molecule has 0 nitrogen and oxygen atoms in total. The van der Waals surface area contributed by atoms with Crippen LogP contribution in [0.1, 0.15) is 12.8 Å². The SMILES string of the molecule is CSC1=C(F)CCC=C1F. The highest BCUT2D eigenvalue weighted by molar-refractivity contribution is 8.02. The van der Waals surface area contributed by atoms with Gasteiger partial charge in [-0.3, -0.25) is 0 Å². The van der Waals surface area contributed by atoms with Crippen LogP contribution in [0.25, 0.3) is 0 Å². The lowest BCUT2D eigenvalue weighted by molar-refractivity contribution is 0.554. The molecular weight excluding hydrogens is 154 g/mol. The first-order valence-corrected chi connectivity index (χ1v) is 4.27. The van der Waals surface area contributed by atoms with E-state index in [9.17, 15) is 8.78 Å². The van der Waals surface area contributed by atoms with Crippen LogP contribution in [0.15, 0.2) is 22.6 Å². The molecule has 0 N–H and O–H groups in total. The smallest absolute Gasteiger partial charge is 0.135 e. The van der Waals surface area contributed by atoms with Crippen LogP contribution >= 0.6 is 11.8 Å². The Hall–Kier alpha value is -0.310. The molecule has 0 saturated heterocycles. The lowest BCUT2D eigenvalue weighted by atomic mass is 10.2. The third-order valence-electron chi connectivity index (χ3n) is 1.35. The van der Waals surface area contributed by atoms with Crippen LogP contribution in [0, 0.1) is 0 Å². The Morgan fingerprint density at radius 1 is 1.50 bits per heavy atom. The summed E-state index contributed by atoms with van der Waals surface area (Å²) in [6, 6.07) is 0. The standard InChI is InChI=1S/C7H8F2S/c1-10-7-5(8)3-2-4-6(7)9/h3H,2,4H2,1H3. The zero-order valence-electron chi connectivity index (χ0n) is 5.66. The normalized spacial score (nSPS) is 19.3. The van der Waals surface area contributed by atoms with Crippen molar-refractivity contribution in [2.24, 2.45) is 0 Å².